The van der Waals surface area contributed by atoms with Crippen molar-refractivity contribution < 1.29 is 24.5 Å². The number of nitrogens with zero attached hydrogens (tertiary/aromatic N) is 2. The average Bonchev–Trinajstić information content (AvgIpc) is 2.74. The Hall–Kier alpha value is -0.0257. The summed E-state index contributed by atoms with van der Waals surface area (Å²) in [6.45, 7) is 26.5. The van der Waals surface area contributed by atoms with E-state index >= 15 is 0 Å². The van der Waals surface area contributed by atoms with Crippen LogP contribution in [0.25, 0.3) is 0 Å². The van der Waals surface area contributed by atoms with Crippen LogP contribution in [0.1, 0.15) is 95.9 Å². The molecule has 5 heteroatoms. The molecule has 0 aliphatic carbocycles. The monoisotopic (exact) mass is 390 g/mol. The zero-order valence-corrected chi connectivity index (χ0v) is 20.3. The van der Waals surface area contributed by atoms with Crippen molar-refractivity contribution in [3.05, 3.63) is 12.4 Å². The van der Waals surface area contributed by atoms with E-state index in [2.05, 4.69) is 102 Å². The van der Waals surface area contributed by atoms with Crippen LogP contribution in [0.3, 0.4) is 0 Å². The van der Waals surface area contributed by atoms with Crippen molar-refractivity contribution >= 4 is 0 Å². The molecule has 0 radical (unpaired) electrons. The quantitative estimate of drug-likeness (QED) is 0.528. The first-order valence-corrected chi connectivity index (χ1v) is 12.4. The van der Waals surface area contributed by atoms with Crippen molar-refractivity contribution in [1.29, 1.82) is 0 Å². The summed E-state index contributed by atoms with van der Waals surface area (Å²) >= 11 is -3.60. The van der Waals surface area contributed by atoms with Gasteiger partial charge in [0.2, 0.25) is 0 Å². The van der Waals surface area contributed by atoms with E-state index in [9.17, 15) is 0 Å². The second-order valence-corrected chi connectivity index (χ2v) is 14.2. The summed E-state index contributed by atoms with van der Waals surface area (Å²) in [5.74, 6) is 0. The molecule has 4 nitrogen and oxygen atoms in total. The van der Waals surface area contributed by atoms with E-state index in [4.69, 9.17) is 6.64 Å². The fraction of sp³-hybridized carbons (Fsp3) is 0.900. The Kier molecular flexibility index (Phi) is 6.61. The molecule has 0 amide bonds. The van der Waals surface area contributed by atoms with Crippen LogP contribution in [0.15, 0.2) is 12.4 Å². The zero-order chi connectivity index (χ0) is 19.9. The summed E-state index contributed by atoms with van der Waals surface area (Å²) in [6.07, 6.45) is 6.51. The van der Waals surface area contributed by atoms with Gasteiger partial charge in [-0.15, -0.1) is 0 Å². The van der Waals surface area contributed by atoms with Crippen molar-refractivity contribution in [3.8, 4) is 0 Å². The van der Waals surface area contributed by atoms with Crippen LogP contribution < -0.4 is 0 Å². The predicted molar refractivity (Wildman–Crippen MR) is 103 cm³/mol. The molecule has 0 N–H and O–H groups in total. The van der Waals surface area contributed by atoms with Gasteiger partial charge in [-0.3, -0.25) is 0 Å². The number of hydrogen-bond acceptors (Lipinski definition) is 4. The first-order chi connectivity index (χ1) is 11.0. The molecule has 1 aliphatic rings. The van der Waals surface area contributed by atoms with Crippen LogP contribution >= 0.6 is 0 Å². The Labute approximate surface area is 161 Å². The third-order valence-corrected chi connectivity index (χ3v) is 11.9. The van der Waals surface area contributed by atoms with E-state index in [0.717, 1.165) is 12.8 Å². The standard InChI is InChI=1S/C12H24N2.2C4H9O.Ti/c1-7-11(3,4)13-9-10-14-12(5,6)8-2;2*1-4(2,3)5;/h9-10H,7-8H2,1-6H3;2*1-3H3;/q-2;2*-1;+4. The van der Waals surface area contributed by atoms with Crippen molar-refractivity contribution in [2.75, 3.05) is 0 Å². The molecule has 25 heavy (non-hydrogen) atoms. The molecule has 0 saturated heterocycles. The van der Waals surface area contributed by atoms with Gasteiger partial charge in [0.15, 0.2) is 0 Å². The molecular formula is C20H42N2O2Ti. The second-order valence-electron chi connectivity index (χ2n) is 10.3. The third kappa shape index (κ3) is 5.25. The van der Waals surface area contributed by atoms with Gasteiger partial charge in [-0.1, -0.05) is 0 Å². The Morgan fingerprint density at radius 1 is 0.640 bits per heavy atom. The molecule has 0 saturated carbocycles. The Balaban J connectivity index is 3.61. The summed E-state index contributed by atoms with van der Waals surface area (Å²) in [5, 5.41) is 0. The fourth-order valence-corrected chi connectivity index (χ4v) is 10.2. The summed E-state index contributed by atoms with van der Waals surface area (Å²) in [5.41, 5.74) is -0.597. The molecule has 0 aromatic rings. The summed E-state index contributed by atoms with van der Waals surface area (Å²) in [4.78, 5) is 0. The number of rotatable bonds is 6. The second kappa shape index (κ2) is 7.18. The molecule has 148 valence electrons. The Bertz CT molecular complexity index is 443. The minimum atomic E-state index is -3.60. The molecule has 1 aliphatic heterocycles. The van der Waals surface area contributed by atoms with Gasteiger partial charge in [-0.25, -0.2) is 0 Å². The molecular weight excluding hydrogens is 348 g/mol. The van der Waals surface area contributed by atoms with Crippen LogP contribution in [0.2, 0.25) is 0 Å². The third-order valence-electron chi connectivity index (χ3n) is 4.89. The van der Waals surface area contributed by atoms with Crippen LogP contribution in [0, 0.1) is 0 Å². The Morgan fingerprint density at radius 2 is 0.920 bits per heavy atom. The van der Waals surface area contributed by atoms with E-state index < -0.39 is 17.9 Å². The average molecular weight is 390 g/mol. The maximum atomic E-state index is 6.92. The van der Waals surface area contributed by atoms with Crippen LogP contribution in [-0.4, -0.2) is 29.0 Å². The summed E-state index contributed by atoms with van der Waals surface area (Å²) in [6, 6.07) is 0. The minimum absolute atomic E-state index is 0.0223. The van der Waals surface area contributed by atoms with E-state index in [1.807, 2.05) is 0 Å². The van der Waals surface area contributed by atoms with Gasteiger partial charge in [0, 0.05) is 0 Å². The van der Waals surface area contributed by atoms with Crippen molar-refractivity contribution in [2.24, 2.45) is 0 Å². The Morgan fingerprint density at radius 3 is 1.12 bits per heavy atom. The van der Waals surface area contributed by atoms with E-state index in [1.165, 1.54) is 0 Å². The van der Waals surface area contributed by atoms with Crippen molar-refractivity contribution in [1.82, 2.24) is 6.76 Å². The van der Waals surface area contributed by atoms with Crippen molar-refractivity contribution in [2.45, 2.75) is 118 Å². The molecule has 1 heterocycles. The van der Waals surface area contributed by atoms with Gasteiger partial charge in [0.05, 0.1) is 0 Å². The van der Waals surface area contributed by atoms with E-state index in [-0.39, 0.29) is 22.3 Å². The van der Waals surface area contributed by atoms with Gasteiger partial charge < -0.3 is 0 Å². The van der Waals surface area contributed by atoms with E-state index in [0.29, 0.717) is 0 Å². The van der Waals surface area contributed by atoms with Gasteiger partial charge in [-0.2, -0.15) is 0 Å². The molecule has 0 spiro atoms. The molecule has 0 bridgehead atoms. The number of hydrogen-bond donors (Lipinski definition) is 0. The maximum absolute atomic E-state index is 6.92. The van der Waals surface area contributed by atoms with Gasteiger partial charge in [0.25, 0.3) is 0 Å². The normalized spacial score (nSPS) is 19.0. The first-order valence-electron chi connectivity index (χ1n) is 9.68. The molecule has 1 rings (SSSR count). The summed E-state index contributed by atoms with van der Waals surface area (Å²) in [7, 11) is 0. The van der Waals surface area contributed by atoms with Crippen LogP contribution in [-0.2, 0) is 24.5 Å². The van der Waals surface area contributed by atoms with E-state index in [1.54, 1.807) is 0 Å². The SMILES string of the molecule is CCC(C)(C)[N]1C=C[N](C(C)(C)CC)[Ti]1([O]C(C)(C)C)[O]C(C)(C)C. The van der Waals surface area contributed by atoms with Crippen molar-refractivity contribution in [3.63, 3.8) is 0 Å². The predicted octanol–water partition coefficient (Wildman–Crippen LogP) is 5.90. The topological polar surface area (TPSA) is 24.9 Å². The molecule has 0 aromatic heterocycles. The molecule has 0 atom stereocenters. The van der Waals surface area contributed by atoms with Gasteiger partial charge >= 0.3 is 162 Å². The van der Waals surface area contributed by atoms with Crippen LogP contribution in [0.5, 0.6) is 0 Å². The molecule has 0 unspecified atom stereocenters. The molecule has 0 aromatic carbocycles. The van der Waals surface area contributed by atoms with Gasteiger partial charge in [0.1, 0.15) is 0 Å². The molecule has 0 fully saturated rings. The first kappa shape index (κ1) is 23.0. The van der Waals surface area contributed by atoms with Crippen LogP contribution in [0.4, 0.5) is 0 Å². The zero-order valence-electron chi connectivity index (χ0n) is 18.8. The summed E-state index contributed by atoms with van der Waals surface area (Å²) < 4.78 is 18.7. The fourth-order valence-electron chi connectivity index (χ4n) is 2.96. The van der Waals surface area contributed by atoms with Gasteiger partial charge in [-0.05, 0) is 0 Å².